The summed E-state index contributed by atoms with van der Waals surface area (Å²) < 4.78 is 86.0. The lowest BCUT2D eigenvalue weighted by atomic mass is 9.77. The Morgan fingerprint density at radius 2 is 1.23 bits per heavy atom. The minimum Gasteiger partial charge on any atom is -0.444 e. The zero-order valence-corrected chi connectivity index (χ0v) is 23.5. The molecule has 4 rings (SSSR count). The van der Waals surface area contributed by atoms with E-state index in [1.54, 1.807) is 20.8 Å². The monoisotopic (exact) mass is 618 g/mol. The lowest BCUT2D eigenvalue weighted by molar-refractivity contribution is -0.132. The van der Waals surface area contributed by atoms with Crippen molar-refractivity contribution < 1.29 is 55.7 Å². The quantitative estimate of drug-likeness (QED) is 0.301. The van der Waals surface area contributed by atoms with Crippen LogP contribution < -0.4 is 11.1 Å². The maximum Gasteiger partial charge on any atom is 0.408 e. The maximum absolute atomic E-state index is 14.1. The molecule has 8 nitrogen and oxygen atoms in total. The number of ether oxygens (including phenoxy) is 1. The fourth-order valence-electron chi connectivity index (χ4n) is 5.11. The smallest absolute Gasteiger partial charge is 0.408 e. The third-order valence-corrected chi connectivity index (χ3v) is 7.14. The zero-order chi connectivity index (χ0) is 32.4. The van der Waals surface area contributed by atoms with Gasteiger partial charge in [-0.1, -0.05) is 0 Å². The van der Waals surface area contributed by atoms with Crippen LogP contribution in [0.25, 0.3) is 0 Å². The molecule has 0 heterocycles. The lowest BCUT2D eigenvalue weighted by Crippen LogP contribution is -2.53. The molecule has 0 aromatic heterocycles. The number of nitrogens with one attached hydrogen (secondary N) is 1. The molecule has 43 heavy (non-hydrogen) atoms. The second-order valence-corrected chi connectivity index (χ2v) is 11.4. The molecule has 236 valence electrons. The summed E-state index contributed by atoms with van der Waals surface area (Å²) in [6.07, 6.45) is -3.11. The van der Waals surface area contributed by atoms with Gasteiger partial charge < -0.3 is 26.0 Å². The van der Waals surface area contributed by atoms with Crippen molar-refractivity contribution in [2.45, 2.75) is 88.2 Å². The van der Waals surface area contributed by atoms with Gasteiger partial charge >= 0.3 is 6.09 Å². The van der Waals surface area contributed by atoms with Gasteiger partial charge in [-0.05, 0) is 69.7 Å². The number of carbonyl (C=O) groups is 3. The summed E-state index contributed by atoms with van der Waals surface area (Å²) in [7, 11) is 0. The van der Waals surface area contributed by atoms with Crippen LogP contribution in [0.3, 0.4) is 0 Å². The molecule has 0 radical (unpaired) electrons. The Hall–Kier alpha value is -3.49. The number of halogens is 6. The minimum atomic E-state index is -1.38. The molecule has 6 unspecified atom stereocenters. The van der Waals surface area contributed by atoms with Crippen LogP contribution in [-0.2, 0) is 14.3 Å². The third-order valence-electron chi connectivity index (χ3n) is 7.14. The largest absolute Gasteiger partial charge is 0.444 e. The van der Waals surface area contributed by atoms with E-state index in [0.717, 1.165) is 12.1 Å². The number of hydrogen-bond donors (Lipinski definition) is 4. The average molecular weight is 619 g/mol. The van der Waals surface area contributed by atoms with Crippen LogP contribution in [0, 0.1) is 34.9 Å². The number of rotatable bonds is 3. The molecule has 2 aliphatic rings. The molecule has 0 aliphatic heterocycles. The molecule has 0 spiro atoms. The van der Waals surface area contributed by atoms with E-state index in [9.17, 15) is 50.9 Å². The van der Waals surface area contributed by atoms with Gasteiger partial charge in [-0.25, -0.2) is 31.1 Å². The summed E-state index contributed by atoms with van der Waals surface area (Å²) in [4.78, 5) is 35.7. The summed E-state index contributed by atoms with van der Waals surface area (Å²) in [5, 5.41) is 21.4. The molecule has 0 saturated heterocycles. The number of aliphatic hydroxyl groups is 2. The first-order valence-electron chi connectivity index (χ1n) is 13.4. The van der Waals surface area contributed by atoms with Gasteiger partial charge in [-0.15, -0.1) is 0 Å². The number of aliphatic hydroxyl groups excluding tert-OH is 2. The Morgan fingerprint density at radius 1 is 0.791 bits per heavy atom. The molecule has 2 aliphatic carbocycles. The van der Waals surface area contributed by atoms with Crippen LogP contribution in [0.4, 0.5) is 31.1 Å². The van der Waals surface area contributed by atoms with Gasteiger partial charge in [0, 0.05) is 24.0 Å². The first-order chi connectivity index (χ1) is 19.9. The van der Waals surface area contributed by atoms with Gasteiger partial charge in [0.15, 0.2) is 34.8 Å². The molecule has 2 fully saturated rings. The normalized spacial score (nSPS) is 26.0. The average Bonchev–Trinajstić information content (AvgIpc) is 2.89. The van der Waals surface area contributed by atoms with E-state index in [1.165, 1.54) is 0 Å². The van der Waals surface area contributed by atoms with Crippen molar-refractivity contribution in [3.8, 4) is 0 Å². The topological polar surface area (TPSA) is 139 Å². The molecule has 6 atom stereocenters. The van der Waals surface area contributed by atoms with Crippen molar-refractivity contribution in [1.29, 1.82) is 0 Å². The number of nitrogens with two attached hydrogens (primary N) is 1. The fraction of sp³-hybridized carbons (Fsp3) is 0.483. The Labute approximate surface area is 243 Å². The number of Topliss-reactive ketones (excluding diaryl/α,β-unsaturated/α-hetero) is 2. The fourth-order valence-corrected chi connectivity index (χ4v) is 5.11. The van der Waals surface area contributed by atoms with Gasteiger partial charge in [0.25, 0.3) is 0 Å². The highest BCUT2D eigenvalue weighted by Gasteiger charge is 2.41. The van der Waals surface area contributed by atoms with Crippen molar-refractivity contribution in [3.05, 3.63) is 70.3 Å². The Kier molecular flexibility index (Phi) is 10.6. The number of alkyl carbamates (subject to hydrolysis) is 1. The molecule has 1 amide bonds. The summed E-state index contributed by atoms with van der Waals surface area (Å²) in [5.41, 5.74) is 4.14. The molecule has 2 saturated carbocycles. The van der Waals surface area contributed by atoms with Crippen molar-refractivity contribution in [2.24, 2.45) is 5.73 Å². The van der Waals surface area contributed by atoms with E-state index in [1.807, 2.05) is 0 Å². The van der Waals surface area contributed by atoms with Crippen molar-refractivity contribution >= 4 is 17.7 Å². The van der Waals surface area contributed by atoms with Crippen LogP contribution in [0.2, 0.25) is 0 Å². The molecular formula is C29H32F6N2O6. The van der Waals surface area contributed by atoms with Gasteiger partial charge in [-0.2, -0.15) is 0 Å². The van der Waals surface area contributed by atoms with Gasteiger partial charge in [0.2, 0.25) is 0 Å². The van der Waals surface area contributed by atoms with E-state index in [0.29, 0.717) is 12.1 Å². The van der Waals surface area contributed by atoms with Crippen LogP contribution in [-0.4, -0.2) is 57.8 Å². The van der Waals surface area contributed by atoms with Gasteiger partial charge in [0.1, 0.15) is 35.5 Å². The third kappa shape index (κ3) is 8.12. The van der Waals surface area contributed by atoms with Crippen molar-refractivity contribution in [3.63, 3.8) is 0 Å². The predicted molar refractivity (Wildman–Crippen MR) is 140 cm³/mol. The van der Waals surface area contributed by atoms with E-state index >= 15 is 0 Å². The Morgan fingerprint density at radius 3 is 1.72 bits per heavy atom. The molecule has 2 aromatic carbocycles. The highest BCUT2D eigenvalue weighted by molar-refractivity contribution is 5.92. The first kappa shape index (κ1) is 34.0. The number of carbonyl (C=O) groups excluding carboxylic acids is 3. The summed E-state index contributed by atoms with van der Waals surface area (Å²) in [6, 6.07) is -0.0386. The van der Waals surface area contributed by atoms with E-state index in [2.05, 4.69) is 5.32 Å². The minimum absolute atomic E-state index is 0.00638. The van der Waals surface area contributed by atoms with Gasteiger partial charge in [0.05, 0.1) is 6.04 Å². The summed E-state index contributed by atoms with van der Waals surface area (Å²) >= 11 is 0. The highest BCUT2D eigenvalue weighted by Crippen LogP contribution is 2.35. The first-order valence-corrected chi connectivity index (χ1v) is 13.4. The van der Waals surface area contributed by atoms with Crippen molar-refractivity contribution in [1.82, 2.24) is 5.32 Å². The van der Waals surface area contributed by atoms with Gasteiger partial charge in [-0.3, -0.25) is 9.59 Å². The predicted octanol–water partition coefficient (Wildman–Crippen LogP) is 4.04. The lowest BCUT2D eigenvalue weighted by Gasteiger charge is -2.34. The number of hydrogen-bond acceptors (Lipinski definition) is 7. The van der Waals surface area contributed by atoms with Crippen LogP contribution in [0.15, 0.2) is 24.3 Å². The molecule has 2 aromatic rings. The van der Waals surface area contributed by atoms with E-state index < -0.39 is 94.3 Å². The van der Waals surface area contributed by atoms with Crippen LogP contribution in [0.1, 0.15) is 69.4 Å². The number of ketones is 2. The van der Waals surface area contributed by atoms with Crippen molar-refractivity contribution in [2.75, 3.05) is 0 Å². The maximum atomic E-state index is 14.1. The molecule has 14 heteroatoms. The molecule has 0 bridgehead atoms. The number of benzene rings is 2. The molecule has 5 N–H and O–H groups in total. The molecular weight excluding hydrogens is 586 g/mol. The summed E-state index contributed by atoms with van der Waals surface area (Å²) in [5.74, 6) is -10.3. The SMILES string of the molecule is CC(C)(C)OC(=O)NC1C(=O)C(O)CCC1c1cc(F)cc(F)c1F.NC1C(=O)C(O)CCC1c1cc(F)cc(F)c1F. The van der Waals surface area contributed by atoms with Crippen LogP contribution >= 0.6 is 0 Å². The van der Waals surface area contributed by atoms with Crippen LogP contribution in [0.5, 0.6) is 0 Å². The summed E-state index contributed by atoms with van der Waals surface area (Å²) in [6.45, 7) is 4.84. The second kappa shape index (κ2) is 13.4. The van der Waals surface area contributed by atoms with E-state index in [-0.39, 0.29) is 36.8 Å². The number of amides is 1. The van der Waals surface area contributed by atoms with E-state index in [4.69, 9.17) is 10.5 Å². The Balaban J connectivity index is 0.000000248. The standard InChI is InChI=1S/C17H20F3NO4.C12H12F3NO2/c1-17(2,3)25-16(24)21-14-9(4-5-12(22)15(14)23)10-6-8(18)7-11(19)13(10)20;13-5-3-7(10(15)8(14)4-5)6-1-2-9(17)12(18)11(6)16/h6-7,9,12,14,22H,4-5H2,1-3H3,(H,21,24);3-4,6,9,11,17H,1-2,16H2. The second-order valence-electron chi connectivity index (χ2n) is 11.4. The zero-order valence-electron chi connectivity index (χ0n) is 23.5. The Bertz CT molecular complexity index is 1380. The highest BCUT2D eigenvalue weighted by atomic mass is 19.2.